The van der Waals surface area contributed by atoms with Gasteiger partial charge in [-0.15, -0.1) is 0 Å². The number of aryl methyl sites for hydroxylation is 1. The first kappa shape index (κ1) is 16.7. The maximum Gasteiger partial charge on any atom is 0.227 e. The molecular formula is C17H20O6. The summed E-state index contributed by atoms with van der Waals surface area (Å²) in [7, 11) is 0. The van der Waals surface area contributed by atoms with Crippen LogP contribution in [0.5, 0.6) is 23.0 Å². The van der Waals surface area contributed by atoms with Crippen LogP contribution in [0, 0.1) is 0 Å². The summed E-state index contributed by atoms with van der Waals surface area (Å²) in [5.74, 6) is -1.90. The fourth-order valence-corrected chi connectivity index (χ4v) is 2.31. The Morgan fingerprint density at radius 2 is 1.61 bits per heavy atom. The number of hydrogen-bond donors (Lipinski definition) is 4. The van der Waals surface area contributed by atoms with E-state index >= 15 is 0 Å². The number of phenols is 3. The second-order valence-corrected chi connectivity index (χ2v) is 5.42. The molecule has 0 spiro atoms. The van der Waals surface area contributed by atoms with Gasteiger partial charge in [0.25, 0.3) is 0 Å². The van der Waals surface area contributed by atoms with Crippen LogP contribution in [0.1, 0.15) is 38.4 Å². The molecule has 0 saturated carbocycles. The van der Waals surface area contributed by atoms with Crippen molar-refractivity contribution in [2.24, 2.45) is 0 Å². The van der Waals surface area contributed by atoms with Gasteiger partial charge in [-0.2, -0.15) is 0 Å². The number of aromatic hydroxyl groups is 4. The summed E-state index contributed by atoms with van der Waals surface area (Å²) in [6.45, 7) is 2.10. The molecule has 6 nitrogen and oxygen atoms in total. The first-order valence-electron chi connectivity index (χ1n) is 7.55. The van der Waals surface area contributed by atoms with E-state index in [9.17, 15) is 25.2 Å². The molecule has 1 aromatic heterocycles. The number of benzene rings is 1. The lowest BCUT2D eigenvalue weighted by Gasteiger charge is -2.09. The Bertz CT molecular complexity index is 747. The summed E-state index contributed by atoms with van der Waals surface area (Å²) >= 11 is 0. The van der Waals surface area contributed by atoms with E-state index in [1.807, 2.05) is 0 Å². The zero-order chi connectivity index (χ0) is 17.0. The molecule has 2 rings (SSSR count). The zero-order valence-corrected chi connectivity index (χ0v) is 12.9. The fraction of sp³-hybridized carbons (Fsp3) is 0.353. The van der Waals surface area contributed by atoms with Gasteiger partial charge in [0.05, 0.1) is 5.56 Å². The summed E-state index contributed by atoms with van der Waals surface area (Å²) in [5, 5.41) is 38.7. The molecule has 2 aromatic rings. The molecule has 0 radical (unpaired) electrons. The first-order chi connectivity index (χ1) is 10.9. The maximum absolute atomic E-state index is 11.9. The van der Waals surface area contributed by atoms with E-state index in [0.717, 1.165) is 37.8 Å². The lowest BCUT2D eigenvalue weighted by molar-refractivity contribution is 0.393. The minimum absolute atomic E-state index is 0.0645. The molecule has 0 atom stereocenters. The molecule has 0 bridgehead atoms. The summed E-state index contributed by atoms with van der Waals surface area (Å²) in [6, 6.07) is 3.17. The molecule has 0 aliphatic carbocycles. The van der Waals surface area contributed by atoms with Crippen molar-refractivity contribution in [2.75, 3.05) is 0 Å². The highest BCUT2D eigenvalue weighted by molar-refractivity contribution is 5.73. The monoisotopic (exact) mass is 320 g/mol. The van der Waals surface area contributed by atoms with Gasteiger partial charge in [-0.1, -0.05) is 26.2 Å². The largest absolute Gasteiger partial charge is 0.507 e. The van der Waals surface area contributed by atoms with Crippen molar-refractivity contribution in [1.29, 1.82) is 0 Å². The van der Waals surface area contributed by atoms with E-state index in [-0.39, 0.29) is 11.3 Å². The molecule has 1 aromatic carbocycles. The second-order valence-electron chi connectivity index (χ2n) is 5.42. The van der Waals surface area contributed by atoms with Gasteiger partial charge in [-0.05, 0) is 12.5 Å². The van der Waals surface area contributed by atoms with Gasteiger partial charge in [0.15, 0.2) is 17.3 Å². The molecule has 1 heterocycles. The van der Waals surface area contributed by atoms with Crippen molar-refractivity contribution >= 4 is 0 Å². The average molecular weight is 320 g/mol. The molecule has 0 aliphatic heterocycles. The predicted octanol–water partition coefficient (Wildman–Crippen LogP) is 3.25. The molecule has 0 saturated heterocycles. The van der Waals surface area contributed by atoms with E-state index in [0.29, 0.717) is 12.2 Å². The lowest BCUT2D eigenvalue weighted by atomic mass is 10.1. The second kappa shape index (κ2) is 7.09. The van der Waals surface area contributed by atoms with Gasteiger partial charge in [0, 0.05) is 18.6 Å². The van der Waals surface area contributed by atoms with E-state index in [1.54, 1.807) is 0 Å². The fourth-order valence-electron chi connectivity index (χ4n) is 2.31. The number of hydrogen-bond acceptors (Lipinski definition) is 6. The van der Waals surface area contributed by atoms with Crippen molar-refractivity contribution in [3.63, 3.8) is 0 Å². The third-order valence-corrected chi connectivity index (χ3v) is 3.59. The minimum atomic E-state index is -0.650. The first-order valence-corrected chi connectivity index (χ1v) is 7.55. The Balaban J connectivity index is 2.40. The van der Waals surface area contributed by atoms with Gasteiger partial charge in [0.2, 0.25) is 11.2 Å². The molecule has 0 aliphatic rings. The molecule has 4 N–H and O–H groups in total. The molecule has 0 fully saturated rings. The molecule has 23 heavy (non-hydrogen) atoms. The Morgan fingerprint density at radius 3 is 2.30 bits per heavy atom. The molecule has 6 heteroatoms. The SMILES string of the molecule is CCCCCCc1cc(=O)c(O)c(-c2cc(O)c(O)cc2O)o1. The summed E-state index contributed by atoms with van der Waals surface area (Å²) < 4.78 is 5.53. The van der Waals surface area contributed by atoms with Gasteiger partial charge in [-0.3, -0.25) is 4.79 Å². The van der Waals surface area contributed by atoms with Crippen LogP contribution in [0.2, 0.25) is 0 Å². The van der Waals surface area contributed by atoms with Crippen LogP contribution in [-0.2, 0) is 6.42 Å². The van der Waals surface area contributed by atoms with Crippen LogP contribution in [0.15, 0.2) is 27.4 Å². The average Bonchev–Trinajstić information content (AvgIpc) is 2.51. The van der Waals surface area contributed by atoms with Crippen LogP contribution in [0.4, 0.5) is 0 Å². The maximum atomic E-state index is 11.9. The molecule has 124 valence electrons. The lowest BCUT2D eigenvalue weighted by Crippen LogP contribution is -2.03. The number of phenolic OH excluding ortho intramolecular Hbond substituents is 3. The van der Waals surface area contributed by atoms with Gasteiger partial charge in [0.1, 0.15) is 11.5 Å². The van der Waals surface area contributed by atoms with Crippen molar-refractivity contribution in [1.82, 2.24) is 0 Å². The van der Waals surface area contributed by atoms with Crippen LogP contribution >= 0.6 is 0 Å². The highest BCUT2D eigenvalue weighted by atomic mass is 16.4. The van der Waals surface area contributed by atoms with Crippen molar-refractivity contribution in [3.8, 4) is 34.3 Å². The number of unbranched alkanes of at least 4 members (excludes halogenated alkanes) is 3. The summed E-state index contributed by atoms with van der Waals surface area (Å²) in [5.41, 5.74) is -0.686. The quantitative estimate of drug-likeness (QED) is 0.369. The van der Waals surface area contributed by atoms with Crippen molar-refractivity contribution < 1.29 is 24.8 Å². The van der Waals surface area contributed by atoms with Gasteiger partial charge < -0.3 is 24.8 Å². The summed E-state index contributed by atoms with van der Waals surface area (Å²) in [6.07, 6.45) is 4.55. The highest BCUT2D eigenvalue weighted by Crippen LogP contribution is 2.40. The molecule has 0 unspecified atom stereocenters. The standard InChI is InChI=1S/C17H20O6/c1-2-3-4-5-6-10-7-15(21)16(22)17(23-10)11-8-13(19)14(20)9-12(11)18/h7-9,18-20,22H,2-6H2,1H3. The van der Waals surface area contributed by atoms with E-state index in [4.69, 9.17) is 4.42 Å². The zero-order valence-electron chi connectivity index (χ0n) is 12.9. The topological polar surface area (TPSA) is 111 Å². The highest BCUT2D eigenvalue weighted by Gasteiger charge is 2.19. The van der Waals surface area contributed by atoms with Crippen LogP contribution in [0.3, 0.4) is 0 Å². The Labute approximate surface area is 133 Å². The molecular weight excluding hydrogens is 300 g/mol. The van der Waals surface area contributed by atoms with Crippen molar-refractivity contribution in [2.45, 2.75) is 39.0 Å². The summed E-state index contributed by atoms with van der Waals surface area (Å²) in [4.78, 5) is 11.9. The Kier molecular flexibility index (Phi) is 5.16. The van der Waals surface area contributed by atoms with E-state index in [1.165, 1.54) is 6.07 Å². The number of rotatable bonds is 6. The normalized spacial score (nSPS) is 10.8. The Morgan fingerprint density at radius 1 is 0.913 bits per heavy atom. The predicted molar refractivity (Wildman–Crippen MR) is 84.9 cm³/mol. The van der Waals surface area contributed by atoms with Crippen LogP contribution < -0.4 is 5.43 Å². The van der Waals surface area contributed by atoms with E-state index < -0.39 is 28.4 Å². The minimum Gasteiger partial charge on any atom is -0.507 e. The smallest absolute Gasteiger partial charge is 0.227 e. The van der Waals surface area contributed by atoms with Gasteiger partial charge in [-0.25, -0.2) is 0 Å². The third-order valence-electron chi connectivity index (χ3n) is 3.59. The van der Waals surface area contributed by atoms with Crippen LogP contribution in [0.25, 0.3) is 11.3 Å². The Hall–Kier alpha value is -2.63. The van der Waals surface area contributed by atoms with Crippen LogP contribution in [-0.4, -0.2) is 20.4 Å². The third kappa shape index (κ3) is 3.77. The van der Waals surface area contributed by atoms with E-state index in [2.05, 4.69) is 6.92 Å². The van der Waals surface area contributed by atoms with Crippen molar-refractivity contribution in [3.05, 3.63) is 34.2 Å². The van der Waals surface area contributed by atoms with Gasteiger partial charge >= 0.3 is 0 Å². The molecule has 0 amide bonds.